The molecule has 3 heteroatoms. The minimum absolute atomic E-state index is 0. The molecule has 1 fully saturated rings. The standard InChI is InChI=1S/C10H21NO.ClH/c1-10(2,3)12-9-6-4-5-8(11)7-9;/h8-9H,4-7,11H2,1-3H3;1H/t8-,9+;/m0./s1. The highest BCUT2D eigenvalue weighted by molar-refractivity contribution is 5.85. The first-order valence-electron chi connectivity index (χ1n) is 4.91. The molecular weight excluding hydrogens is 186 g/mol. The average molecular weight is 208 g/mol. The van der Waals surface area contributed by atoms with Crippen LogP contribution >= 0.6 is 12.4 Å². The molecule has 0 aromatic carbocycles. The Morgan fingerprint density at radius 3 is 2.31 bits per heavy atom. The number of hydrogen-bond acceptors (Lipinski definition) is 2. The van der Waals surface area contributed by atoms with Crippen molar-refractivity contribution in [3.8, 4) is 0 Å². The molecule has 0 spiro atoms. The Bertz CT molecular complexity index is 144. The van der Waals surface area contributed by atoms with Gasteiger partial charge in [-0.15, -0.1) is 12.4 Å². The van der Waals surface area contributed by atoms with Gasteiger partial charge in [-0.1, -0.05) is 0 Å². The molecule has 0 unspecified atom stereocenters. The lowest BCUT2D eigenvalue weighted by atomic mass is 9.93. The summed E-state index contributed by atoms with van der Waals surface area (Å²) in [4.78, 5) is 0. The van der Waals surface area contributed by atoms with Gasteiger partial charge in [0.2, 0.25) is 0 Å². The normalized spacial score (nSPS) is 29.5. The Morgan fingerprint density at radius 2 is 1.85 bits per heavy atom. The van der Waals surface area contributed by atoms with Gasteiger partial charge in [0.15, 0.2) is 0 Å². The highest BCUT2D eigenvalue weighted by Crippen LogP contribution is 2.23. The zero-order valence-corrected chi connectivity index (χ0v) is 9.69. The van der Waals surface area contributed by atoms with Crippen LogP contribution in [0.25, 0.3) is 0 Å². The molecule has 0 aliphatic heterocycles. The highest BCUT2D eigenvalue weighted by Gasteiger charge is 2.24. The van der Waals surface area contributed by atoms with Crippen molar-refractivity contribution >= 4 is 12.4 Å². The lowest BCUT2D eigenvalue weighted by Gasteiger charge is -2.32. The summed E-state index contributed by atoms with van der Waals surface area (Å²) in [7, 11) is 0. The van der Waals surface area contributed by atoms with Crippen LogP contribution in [0, 0.1) is 0 Å². The van der Waals surface area contributed by atoms with Gasteiger partial charge < -0.3 is 10.5 Å². The molecule has 13 heavy (non-hydrogen) atoms. The summed E-state index contributed by atoms with van der Waals surface area (Å²) in [5, 5.41) is 0. The van der Waals surface area contributed by atoms with Crippen LogP contribution in [0.2, 0.25) is 0 Å². The van der Waals surface area contributed by atoms with E-state index >= 15 is 0 Å². The van der Waals surface area contributed by atoms with Crippen LogP contribution in [0.4, 0.5) is 0 Å². The van der Waals surface area contributed by atoms with E-state index < -0.39 is 0 Å². The van der Waals surface area contributed by atoms with Gasteiger partial charge in [-0.3, -0.25) is 0 Å². The van der Waals surface area contributed by atoms with Crippen molar-refractivity contribution in [3.63, 3.8) is 0 Å². The maximum Gasteiger partial charge on any atom is 0.0602 e. The minimum Gasteiger partial charge on any atom is -0.373 e. The largest absolute Gasteiger partial charge is 0.373 e. The SMILES string of the molecule is CC(C)(C)O[C@@H]1CCC[C@H](N)C1.Cl. The summed E-state index contributed by atoms with van der Waals surface area (Å²) >= 11 is 0. The van der Waals surface area contributed by atoms with Crippen molar-refractivity contribution in [2.75, 3.05) is 0 Å². The van der Waals surface area contributed by atoms with E-state index in [1.54, 1.807) is 0 Å². The fourth-order valence-electron chi connectivity index (χ4n) is 1.79. The van der Waals surface area contributed by atoms with Gasteiger partial charge >= 0.3 is 0 Å². The maximum atomic E-state index is 5.87. The van der Waals surface area contributed by atoms with Crippen LogP contribution in [-0.4, -0.2) is 17.7 Å². The molecule has 0 saturated heterocycles. The number of hydrogen-bond donors (Lipinski definition) is 1. The lowest BCUT2D eigenvalue weighted by molar-refractivity contribution is -0.0757. The van der Waals surface area contributed by atoms with Gasteiger partial charge in [0.1, 0.15) is 0 Å². The van der Waals surface area contributed by atoms with Crippen molar-refractivity contribution in [2.24, 2.45) is 5.73 Å². The third-order valence-electron chi connectivity index (χ3n) is 2.19. The van der Waals surface area contributed by atoms with Crippen molar-refractivity contribution < 1.29 is 4.74 Å². The lowest BCUT2D eigenvalue weighted by Crippen LogP contribution is -2.36. The molecule has 2 nitrogen and oxygen atoms in total. The van der Waals surface area contributed by atoms with Crippen LogP contribution in [0.3, 0.4) is 0 Å². The fraction of sp³-hybridized carbons (Fsp3) is 1.00. The number of rotatable bonds is 1. The molecule has 1 saturated carbocycles. The Balaban J connectivity index is 0.00000144. The zero-order valence-electron chi connectivity index (χ0n) is 8.88. The van der Waals surface area contributed by atoms with Crippen LogP contribution in [0.15, 0.2) is 0 Å². The van der Waals surface area contributed by atoms with Gasteiger partial charge in [-0.2, -0.15) is 0 Å². The molecule has 0 aromatic heterocycles. The van der Waals surface area contributed by atoms with E-state index in [1.165, 1.54) is 19.3 Å². The maximum absolute atomic E-state index is 5.87. The minimum atomic E-state index is -0.0122. The second-order valence-corrected chi connectivity index (χ2v) is 4.78. The molecular formula is C10H22ClNO. The van der Waals surface area contributed by atoms with Crippen LogP contribution in [-0.2, 0) is 4.74 Å². The smallest absolute Gasteiger partial charge is 0.0602 e. The van der Waals surface area contributed by atoms with E-state index in [2.05, 4.69) is 20.8 Å². The molecule has 2 atom stereocenters. The highest BCUT2D eigenvalue weighted by atomic mass is 35.5. The Kier molecular flexibility index (Phi) is 5.26. The quantitative estimate of drug-likeness (QED) is 0.717. The summed E-state index contributed by atoms with van der Waals surface area (Å²) in [5.41, 5.74) is 5.85. The van der Waals surface area contributed by atoms with Gasteiger partial charge in [0.25, 0.3) is 0 Å². The van der Waals surface area contributed by atoms with Crippen molar-refractivity contribution in [1.29, 1.82) is 0 Å². The molecule has 0 heterocycles. The Morgan fingerprint density at radius 1 is 1.23 bits per heavy atom. The molecule has 1 rings (SSSR count). The van der Waals surface area contributed by atoms with Gasteiger partial charge in [0, 0.05) is 6.04 Å². The third-order valence-corrected chi connectivity index (χ3v) is 2.19. The van der Waals surface area contributed by atoms with Gasteiger partial charge in [0.05, 0.1) is 11.7 Å². The summed E-state index contributed by atoms with van der Waals surface area (Å²) in [6.45, 7) is 6.31. The molecule has 80 valence electrons. The van der Waals surface area contributed by atoms with Crippen molar-refractivity contribution in [3.05, 3.63) is 0 Å². The molecule has 1 aliphatic carbocycles. The van der Waals surface area contributed by atoms with Crippen molar-refractivity contribution in [2.45, 2.75) is 64.2 Å². The molecule has 0 radical (unpaired) electrons. The average Bonchev–Trinajstić information content (AvgIpc) is 1.82. The first kappa shape index (κ1) is 13.2. The Hall–Kier alpha value is 0.210. The van der Waals surface area contributed by atoms with E-state index in [0.29, 0.717) is 12.1 Å². The van der Waals surface area contributed by atoms with Crippen LogP contribution in [0.1, 0.15) is 46.5 Å². The zero-order chi connectivity index (χ0) is 9.19. The Labute approximate surface area is 87.6 Å². The predicted molar refractivity (Wildman–Crippen MR) is 58.3 cm³/mol. The first-order valence-corrected chi connectivity index (χ1v) is 4.91. The molecule has 0 amide bonds. The number of halogens is 1. The van der Waals surface area contributed by atoms with E-state index in [0.717, 1.165) is 6.42 Å². The number of ether oxygens (including phenoxy) is 1. The summed E-state index contributed by atoms with van der Waals surface area (Å²) in [6, 6.07) is 0.367. The van der Waals surface area contributed by atoms with Crippen LogP contribution in [0.5, 0.6) is 0 Å². The third kappa shape index (κ3) is 5.50. The van der Waals surface area contributed by atoms with Crippen LogP contribution < -0.4 is 5.73 Å². The predicted octanol–water partition coefficient (Wildman–Crippen LogP) is 2.49. The second-order valence-electron chi connectivity index (χ2n) is 4.78. The fourth-order valence-corrected chi connectivity index (χ4v) is 1.79. The summed E-state index contributed by atoms with van der Waals surface area (Å²) in [6.07, 6.45) is 5.02. The van der Waals surface area contributed by atoms with E-state index in [9.17, 15) is 0 Å². The first-order chi connectivity index (χ1) is 5.47. The molecule has 1 aliphatic rings. The van der Waals surface area contributed by atoms with Crippen molar-refractivity contribution in [1.82, 2.24) is 0 Å². The van der Waals surface area contributed by atoms with Gasteiger partial charge in [-0.05, 0) is 46.5 Å². The molecule has 0 bridgehead atoms. The monoisotopic (exact) mass is 207 g/mol. The summed E-state index contributed by atoms with van der Waals surface area (Å²) < 4.78 is 5.87. The molecule has 2 N–H and O–H groups in total. The topological polar surface area (TPSA) is 35.2 Å². The second kappa shape index (κ2) is 5.18. The summed E-state index contributed by atoms with van der Waals surface area (Å²) in [5.74, 6) is 0. The molecule has 0 aromatic rings. The van der Waals surface area contributed by atoms with E-state index in [1.807, 2.05) is 0 Å². The number of nitrogens with two attached hydrogens (primary N) is 1. The van der Waals surface area contributed by atoms with E-state index in [-0.39, 0.29) is 18.0 Å². The van der Waals surface area contributed by atoms with E-state index in [4.69, 9.17) is 10.5 Å². The van der Waals surface area contributed by atoms with Gasteiger partial charge in [-0.25, -0.2) is 0 Å².